The van der Waals surface area contributed by atoms with E-state index in [0.29, 0.717) is 6.29 Å². The van der Waals surface area contributed by atoms with Crippen LogP contribution in [-0.2, 0) is 4.79 Å². The van der Waals surface area contributed by atoms with Gasteiger partial charge in [0.15, 0.2) is 17.8 Å². The zero-order valence-corrected chi connectivity index (χ0v) is 9.23. The molecule has 1 aromatic rings. The number of carbonyl (C=O) groups excluding carboxylic acids is 1. The molecule has 17 heavy (non-hydrogen) atoms. The summed E-state index contributed by atoms with van der Waals surface area (Å²) in [6.45, 7) is -0.101. The maximum Gasteiger partial charge on any atom is 0.325 e. The lowest BCUT2D eigenvalue weighted by Gasteiger charge is -2.12. The number of aldehydes is 1. The third kappa shape index (κ3) is 1.81. The molecule has 0 saturated heterocycles. The van der Waals surface area contributed by atoms with Crippen LogP contribution in [0.2, 0.25) is 5.02 Å². The molecule has 1 aliphatic heterocycles. The third-order valence-electron chi connectivity index (χ3n) is 2.38. The maximum atomic E-state index is 10.8. The number of nitrogens with two attached hydrogens (primary N) is 1. The number of aliphatic carboxylic acids is 1. The summed E-state index contributed by atoms with van der Waals surface area (Å²) in [4.78, 5) is 21.7. The Kier molecular flexibility index (Phi) is 2.91. The van der Waals surface area contributed by atoms with Gasteiger partial charge in [-0.3, -0.25) is 9.59 Å². The molecule has 0 radical (unpaired) electrons. The minimum Gasteiger partial charge on any atom is -0.480 e. The highest BCUT2D eigenvalue weighted by atomic mass is 35.5. The second kappa shape index (κ2) is 4.23. The molecule has 0 aliphatic carbocycles. The summed E-state index contributed by atoms with van der Waals surface area (Å²) in [5.41, 5.74) is 5.80. The van der Waals surface area contributed by atoms with Gasteiger partial charge in [-0.05, 0) is 6.07 Å². The van der Waals surface area contributed by atoms with Gasteiger partial charge >= 0.3 is 5.97 Å². The van der Waals surface area contributed by atoms with Crippen molar-refractivity contribution in [1.82, 2.24) is 0 Å². The molecular weight excluding hydrogens is 250 g/mol. The minimum atomic E-state index is -1.29. The summed E-state index contributed by atoms with van der Waals surface area (Å²) in [6, 6.07) is 0.0149. The Balaban J connectivity index is 2.63. The van der Waals surface area contributed by atoms with E-state index in [-0.39, 0.29) is 34.4 Å². The molecule has 0 fully saturated rings. The van der Waals surface area contributed by atoms with Crippen LogP contribution in [0.15, 0.2) is 6.07 Å². The first-order valence-electron chi connectivity index (χ1n) is 4.61. The van der Waals surface area contributed by atoms with Crippen LogP contribution in [0, 0.1) is 0 Å². The van der Waals surface area contributed by atoms with Gasteiger partial charge in [0.1, 0.15) is 6.04 Å². The van der Waals surface area contributed by atoms with E-state index in [9.17, 15) is 9.59 Å². The summed E-state index contributed by atoms with van der Waals surface area (Å²) in [7, 11) is 0. The predicted octanol–water partition coefficient (Wildman–Crippen LogP) is 0.966. The average molecular weight is 258 g/mol. The van der Waals surface area contributed by atoms with E-state index in [4.69, 9.17) is 31.9 Å². The Morgan fingerprint density at radius 3 is 2.76 bits per heavy atom. The second-order valence-electron chi connectivity index (χ2n) is 3.36. The van der Waals surface area contributed by atoms with Crippen molar-refractivity contribution in [2.45, 2.75) is 6.04 Å². The van der Waals surface area contributed by atoms with E-state index in [1.54, 1.807) is 0 Å². The molecule has 1 aromatic carbocycles. The van der Waals surface area contributed by atoms with E-state index < -0.39 is 12.0 Å². The van der Waals surface area contributed by atoms with Crippen molar-refractivity contribution in [3.63, 3.8) is 0 Å². The lowest BCUT2D eigenvalue weighted by molar-refractivity contribution is -0.138. The Morgan fingerprint density at radius 1 is 1.53 bits per heavy atom. The van der Waals surface area contributed by atoms with Gasteiger partial charge in [-0.25, -0.2) is 0 Å². The largest absolute Gasteiger partial charge is 0.480 e. The topological polar surface area (TPSA) is 98.9 Å². The molecule has 2 rings (SSSR count). The van der Waals surface area contributed by atoms with Crippen molar-refractivity contribution in [3.8, 4) is 11.5 Å². The zero-order chi connectivity index (χ0) is 12.6. The normalized spacial score (nSPS) is 14.5. The standard InChI is InChI=1S/C10H8ClNO5/c11-6-1-4(7(12)10(14)15)8-9(5(6)2-13)17-3-16-8/h1-2,7H,3,12H2,(H,14,15). The Hall–Kier alpha value is -1.79. The quantitative estimate of drug-likeness (QED) is 0.783. The molecule has 6 nitrogen and oxygen atoms in total. The van der Waals surface area contributed by atoms with Crippen molar-refractivity contribution >= 4 is 23.9 Å². The van der Waals surface area contributed by atoms with Crippen LogP contribution in [-0.4, -0.2) is 24.2 Å². The molecule has 1 heterocycles. The van der Waals surface area contributed by atoms with Gasteiger partial charge in [-0.2, -0.15) is 0 Å². The van der Waals surface area contributed by atoms with Crippen LogP contribution in [0.3, 0.4) is 0 Å². The molecule has 3 N–H and O–H groups in total. The van der Waals surface area contributed by atoms with Gasteiger partial charge in [-0.1, -0.05) is 11.6 Å². The zero-order valence-electron chi connectivity index (χ0n) is 8.47. The van der Waals surface area contributed by atoms with Crippen LogP contribution in [0.25, 0.3) is 0 Å². The summed E-state index contributed by atoms with van der Waals surface area (Å²) in [5, 5.41) is 8.93. The number of rotatable bonds is 3. The van der Waals surface area contributed by atoms with Crippen molar-refractivity contribution in [1.29, 1.82) is 0 Å². The smallest absolute Gasteiger partial charge is 0.325 e. The first-order chi connectivity index (χ1) is 8.06. The third-order valence-corrected chi connectivity index (χ3v) is 2.69. The Morgan fingerprint density at radius 2 is 2.18 bits per heavy atom. The lowest BCUT2D eigenvalue weighted by atomic mass is 10.0. The van der Waals surface area contributed by atoms with Gasteiger partial charge in [0.25, 0.3) is 0 Å². The molecule has 1 atom stereocenters. The highest BCUT2D eigenvalue weighted by Crippen LogP contribution is 2.43. The number of carboxylic acids is 1. The molecule has 0 spiro atoms. The number of hydrogen-bond donors (Lipinski definition) is 2. The fourth-order valence-electron chi connectivity index (χ4n) is 1.56. The van der Waals surface area contributed by atoms with Gasteiger partial charge in [0.05, 0.1) is 10.6 Å². The summed E-state index contributed by atoms with van der Waals surface area (Å²) < 4.78 is 10.2. The Labute approximate surface area is 101 Å². The van der Waals surface area contributed by atoms with E-state index in [2.05, 4.69) is 0 Å². The lowest BCUT2D eigenvalue weighted by Crippen LogP contribution is -2.21. The SMILES string of the molecule is NC(C(=O)O)c1cc(Cl)c(C=O)c2c1OCO2. The summed E-state index contributed by atoms with van der Waals surface area (Å²) >= 11 is 5.85. The van der Waals surface area contributed by atoms with Crippen LogP contribution in [0.1, 0.15) is 22.0 Å². The van der Waals surface area contributed by atoms with Gasteiger partial charge < -0.3 is 20.3 Å². The number of carbonyl (C=O) groups is 2. The molecule has 1 aliphatic rings. The maximum absolute atomic E-state index is 10.8. The van der Waals surface area contributed by atoms with E-state index in [1.807, 2.05) is 0 Å². The number of halogens is 1. The second-order valence-corrected chi connectivity index (χ2v) is 3.77. The number of fused-ring (bicyclic) bond motifs is 1. The number of ether oxygens (including phenoxy) is 2. The van der Waals surface area contributed by atoms with Crippen LogP contribution in [0.4, 0.5) is 0 Å². The summed E-state index contributed by atoms with van der Waals surface area (Å²) in [6.07, 6.45) is 0.520. The molecule has 1 unspecified atom stereocenters. The molecule has 0 amide bonds. The molecule has 7 heteroatoms. The van der Waals surface area contributed by atoms with Gasteiger partial charge in [0, 0.05) is 5.56 Å². The molecule has 0 aromatic heterocycles. The Bertz CT molecular complexity index is 502. The summed E-state index contributed by atoms with van der Waals surface area (Å²) in [5.74, 6) is -0.928. The van der Waals surface area contributed by atoms with Crippen molar-refractivity contribution in [2.24, 2.45) is 5.73 Å². The first-order valence-corrected chi connectivity index (χ1v) is 4.99. The molecule has 0 bridgehead atoms. The van der Waals surface area contributed by atoms with Crippen molar-refractivity contribution in [2.75, 3.05) is 6.79 Å². The fraction of sp³-hybridized carbons (Fsp3) is 0.200. The highest BCUT2D eigenvalue weighted by molar-refractivity contribution is 6.33. The average Bonchev–Trinajstić information content (AvgIpc) is 2.75. The van der Waals surface area contributed by atoms with E-state index in [0.717, 1.165) is 0 Å². The minimum absolute atomic E-state index is 0.0796. The van der Waals surface area contributed by atoms with Crippen molar-refractivity contribution < 1.29 is 24.2 Å². The van der Waals surface area contributed by atoms with Crippen LogP contribution in [0.5, 0.6) is 11.5 Å². The first kappa shape index (κ1) is 11.7. The molecule has 90 valence electrons. The molecular formula is C10H8ClNO5. The van der Waals surface area contributed by atoms with E-state index >= 15 is 0 Å². The molecule has 0 saturated carbocycles. The number of hydrogen-bond acceptors (Lipinski definition) is 5. The van der Waals surface area contributed by atoms with Gasteiger partial charge in [0.2, 0.25) is 6.79 Å². The fourth-order valence-corrected chi connectivity index (χ4v) is 1.80. The monoisotopic (exact) mass is 257 g/mol. The van der Waals surface area contributed by atoms with Crippen LogP contribution < -0.4 is 15.2 Å². The number of carboxylic acid groups (broad SMARTS) is 1. The van der Waals surface area contributed by atoms with Crippen LogP contribution >= 0.6 is 11.6 Å². The van der Waals surface area contributed by atoms with Gasteiger partial charge in [-0.15, -0.1) is 0 Å². The highest BCUT2D eigenvalue weighted by Gasteiger charge is 2.29. The van der Waals surface area contributed by atoms with Crippen molar-refractivity contribution in [3.05, 3.63) is 22.2 Å². The predicted molar refractivity (Wildman–Crippen MR) is 57.5 cm³/mol. The number of benzene rings is 1. The van der Waals surface area contributed by atoms with E-state index in [1.165, 1.54) is 6.07 Å².